The molecule has 0 amide bonds. The maximum atomic E-state index is 13.1. The van der Waals surface area contributed by atoms with Gasteiger partial charge in [-0.3, -0.25) is 9.37 Å². The Morgan fingerprint density at radius 1 is 0.906 bits per heavy atom. The van der Waals surface area contributed by atoms with Gasteiger partial charge in [-0.15, -0.1) is 29.8 Å². The molecule has 0 aliphatic heterocycles. The van der Waals surface area contributed by atoms with Crippen LogP contribution in [0.2, 0.25) is 0 Å². The summed E-state index contributed by atoms with van der Waals surface area (Å²) in [4.78, 5) is 8.84. The summed E-state index contributed by atoms with van der Waals surface area (Å²) < 4.78 is 26.1. The fourth-order valence-electron chi connectivity index (χ4n) is 3.07. The molecule has 0 fully saturated rings. The molecular weight excluding hydrogens is 591 g/mol. The van der Waals surface area contributed by atoms with Crippen LogP contribution in [0.4, 0.5) is 8.78 Å². The molecule has 0 saturated heterocycles. The van der Waals surface area contributed by atoms with Gasteiger partial charge in [0.15, 0.2) is 0 Å². The van der Waals surface area contributed by atoms with E-state index in [0.29, 0.717) is 29.3 Å². The second kappa shape index (κ2) is 13.5. The number of aliphatic hydroxyl groups excluding tert-OH is 2. The summed E-state index contributed by atoms with van der Waals surface area (Å²) in [6.45, 7) is 7.65. The predicted molar refractivity (Wildman–Crippen MR) is 118 cm³/mol. The molecule has 4 nitrogen and oxygen atoms in total. The monoisotopic (exact) mass is 620 g/mol. The zero-order chi connectivity index (χ0) is 23.0. The van der Waals surface area contributed by atoms with E-state index in [1.807, 2.05) is 6.92 Å². The van der Waals surface area contributed by atoms with Crippen molar-refractivity contribution in [2.75, 3.05) is 0 Å². The van der Waals surface area contributed by atoms with Gasteiger partial charge in [0.05, 0.1) is 23.6 Å². The van der Waals surface area contributed by atoms with E-state index >= 15 is 0 Å². The van der Waals surface area contributed by atoms with Crippen molar-refractivity contribution in [1.29, 1.82) is 0 Å². The van der Waals surface area contributed by atoms with E-state index < -0.39 is 0 Å². The van der Waals surface area contributed by atoms with Crippen molar-refractivity contribution < 1.29 is 39.1 Å². The van der Waals surface area contributed by atoms with Gasteiger partial charge in [-0.2, -0.15) is 0 Å². The SMILES string of the molecule is CC(C)CC(O)CC(C)O.Cc1cnc(-c2[c-]cc(F)cc2)c(-c2ccc(F)cc2)n1.[Ir]. The van der Waals surface area contributed by atoms with Crippen molar-refractivity contribution in [3.63, 3.8) is 0 Å². The summed E-state index contributed by atoms with van der Waals surface area (Å²) in [5.41, 5.74) is 3.36. The van der Waals surface area contributed by atoms with Crippen LogP contribution >= 0.6 is 0 Å². The van der Waals surface area contributed by atoms with Crippen LogP contribution in [0.1, 0.15) is 39.3 Å². The van der Waals surface area contributed by atoms with Gasteiger partial charge in [0.1, 0.15) is 5.82 Å². The molecule has 175 valence electrons. The smallest absolute Gasteiger partial charge is 0.123 e. The van der Waals surface area contributed by atoms with Gasteiger partial charge in [-0.25, -0.2) is 4.39 Å². The third kappa shape index (κ3) is 9.21. The summed E-state index contributed by atoms with van der Waals surface area (Å²) in [5.74, 6) is -0.162. The summed E-state index contributed by atoms with van der Waals surface area (Å²) in [5, 5.41) is 18.1. The van der Waals surface area contributed by atoms with Gasteiger partial charge >= 0.3 is 0 Å². The predicted octanol–water partition coefficient (Wildman–Crippen LogP) is 5.36. The van der Waals surface area contributed by atoms with E-state index in [2.05, 4.69) is 29.9 Å². The fourth-order valence-corrected chi connectivity index (χ4v) is 3.07. The Labute approximate surface area is 202 Å². The zero-order valence-corrected chi connectivity index (χ0v) is 21.0. The number of halogens is 2. The van der Waals surface area contributed by atoms with Crippen molar-refractivity contribution in [2.24, 2.45) is 5.92 Å². The Morgan fingerprint density at radius 2 is 1.53 bits per heavy atom. The third-order valence-electron chi connectivity index (χ3n) is 4.40. The second-order valence-electron chi connectivity index (χ2n) is 8.00. The van der Waals surface area contributed by atoms with Crippen LogP contribution in [0.25, 0.3) is 22.5 Å². The van der Waals surface area contributed by atoms with Gasteiger partial charge in [0.25, 0.3) is 0 Å². The molecule has 1 heterocycles. The summed E-state index contributed by atoms with van der Waals surface area (Å²) >= 11 is 0. The summed E-state index contributed by atoms with van der Waals surface area (Å²) in [6, 6.07) is 13.1. The first-order valence-electron chi connectivity index (χ1n) is 10.3. The summed E-state index contributed by atoms with van der Waals surface area (Å²) in [7, 11) is 0. The van der Waals surface area contributed by atoms with Crippen LogP contribution in [0.3, 0.4) is 0 Å². The Balaban J connectivity index is 0.000000400. The molecular formula is C25H29F2IrN2O2-. The molecule has 0 aliphatic carbocycles. The first kappa shape index (κ1) is 28.0. The number of nitrogens with zero attached hydrogens (tertiary/aromatic N) is 2. The third-order valence-corrected chi connectivity index (χ3v) is 4.40. The number of aryl methyl sites for hydroxylation is 1. The summed E-state index contributed by atoms with van der Waals surface area (Å²) in [6.07, 6.45) is 2.21. The van der Waals surface area contributed by atoms with Crippen molar-refractivity contribution in [3.05, 3.63) is 72.1 Å². The molecule has 0 saturated carbocycles. The molecule has 2 N–H and O–H groups in total. The number of benzene rings is 2. The number of aliphatic hydroxyl groups is 2. The van der Waals surface area contributed by atoms with Crippen LogP contribution in [0.15, 0.2) is 48.7 Å². The Kier molecular flexibility index (Phi) is 11.8. The standard InChI is InChI=1S/C17H11F2N2.C8H18O2.Ir/c1-11-10-20-16(12-2-6-14(18)7-3-12)17(21-11)13-4-8-15(19)9-5-13;1-6(2)4-8(10)5-7(3)9;/h2,4-10H,1H3;6-10H,4-5H2,1-3H3;/q-1;;. The van der Waals surface area contributed by atoms with E-state index in [1.165, 1.54) is 24.3 Å². The minimum atomic E-state index is -0.381. The molecule has 0 spiro atoms. The molecule has 2 aromatic carbocycles. The van der Waals surface area contributed by atoms with E-state index in [9.17, 15) is 13.9 Å². The van der Waals surface area contributed by atoms with Gasteiger partial charge in [-0.1, -0.05) is 26.0 Å². The molecule has 3 aromatic rings. The van der Waals surface area contributed by atoms with E-state index in [4.69, 9.17) is 5.11 Å². The molecule has 2 atom stereocenters. The largest absolute Gasteiger partial charge is 0.393 e. The maximum Gasteiger partial charge on any atom is 0.123 e. The van der Waals surface area contributed by atoms with Crippen LogP contribution < -0.4 is 0 Å². The fraction of sp³-hybridized carbons (Fsp3) is 0.360. The molecule has 7 heteroatoms. The molecule has 3 rings (SSSR count). The quantitative estimate of drug-likeness (QED) is 0.365. The van der Waals surface area contributed by atoms with Gasteiger partial charge in [0.2, 0.25) is 0 Å². The number of hydrogen-bond donors (Lipinski definition) is 2. The Morgan fingerprint density at radius 3 is 2.06 bits per heavy atom. The zero-order valence-electron chi connectivity index (χ0n) is 18.6. The minimum absolute atomic E-state index is 0. The minimum Gasteiger partial charge on any atom is -0.393 e. The van der Waals surface area contributed by atoms with Gasteiger partial charge < -0.3 is 15.2 Å². The maximum absolute atomic E-state index is 13.1. The van der Waals surface area contributed by atoms with E-state index in [-0.39, 0.29) is 43.9 Å². The van der Waals surface area contributed by atoms with Gasteiger partial charge in [0, 0.05) is 37.8 Å². The molecule has 1 radical (unpaired) electrons. The van der Waals surface area contributed by atoms with Crippen molar-refractivity contribution in [2.45, 2.75) is 52.7 Å². The number of rotatable bonds is 6. The van der Waals surface area contributed by atoms with Crippen LogP contribution in [0, 0.1) is 30.5 Å². The number of aromatic nitrogens is 2. The van der Waals surface area contributed by atoms with Crippen molar-refractivity contribution in [3.8, 4) is 22.5 Å². The number of hydrogen-bond acceptors (Lipinski definition) is 4. The van der Waals surface area contributed by atoms with Gasteiger partial charge in [-0.05, 0) is 50.3 Å². The topological polar surface area (TPSA) is 66.2 Å². The normalized spacial score (nSPS) is 12.4. The van der Waals surface area contributed by atoms with E-state index in [0.717, 1.165) is 17.7 Å². The molecule has 32 heavy (non-hydrogen) atoms. The molecule has 2 unspecified atom stereocenters. The molecule has 0 bridgehead atoms. The molecule has 0 aliphatic rings. The van der Waals surface area contributed by atoms with Crippen molar-refractivity contribution in [1.82, 2.24) is 9.97 Å². The second-order valence-corrected chi connectivity index (χ2v) is 8.00. The van der Waals surface area contributed by atoms with Crippen LogP contribution in [-0.2, 0) is 20.1 Å². The van der Waals surface area contributed by atoms with Crippen LogP contribution in [0.5, 0.6) is 0 Å². The molecule has 1 aromatic heterocycles. The van der Waals surface area contributed by atoms with E-state index in [1.54, 1.807) is 31.3 Å². The first-order chi connectivity index (χ1) is 14.7. The Hall–Kier alpha value is -2.05. The first-order valence-corrected chi connectivity index (χ1v) is 10.3. The van der Waals surface area contributed by atoms with Crippen molar-refractivity contribution >= 4 is 0 Å². The van der Waals surface area contributed by atoms with Crippen LogP contribution in [-0.4, -0.2) is 32.4 Å². The average molecular weight is 620 g/mol. The average Bonchev–Trinajstić information content (AvgIpc) is 2.68. The Bertz CT molecular complexity index is 939.